The topological polar surface area (TPSA) is 50.4 Å². The number of rotatable bonds is 3. The molecule has 0 atom stereocenters. The van der Waals surface area contributed by atoms with Gasteiger partial charge in [0, 0.05) is 15.6 Å². The van der Waals surface area contributed by atoms with Crippen LogP contribution in [-0.4, -0.2) is 18.1 Å². The van der Waals surface area contributed by atoms with Gasteiger partial charge in [0.05, 0.1) is 23.4 Å². The quantitative estimate of drug-likeness (QED) is 0.609. The van der Waals surface area contributed by atoms with Gasteiger partial charge < -0.3 is 10.1 Å². The normalized spacial score (nSPS) is 10.3. The number of benzene rings is 2. The first kappa shape index (κ1) is 19.8. The van der Waals surface area contributed by atoms with Crippen LogP contribution < -0.4 is 15.4 Å². The van der Waals surface area contributed by atoms with Crippen LogP contribution in [0.15, 0.2) is 28.7 Å². The monoisotopic (exact) mass is 468 g/mol. The minimum atomic E-state index is -0.883. The molecular weight excluding hydrogens is 461 g/mol. The molecule has 2 N–H and O–H groups in total. The van der Waals surface area contributed by atoms with Gasteiger partial charge in [-0.25, -0.2) is 8.78 Å². The molecule has 0 aliphatic heterocycles. The third kappa shape index (κ3) is 4.78. The molecule has 132 valence electrons. The summed E-state index contributed by atoms with van der Waals surface area (Å²) in [6, 6.07) is 4.49. The Kier molecular flexibility index (Phi) is 6.56. The van der Waals surface area contributed by atoms with E-state index in [1.165, 1.54) is 19.2 Å². The summed E-state index contributed by atoms with van der Waals surface area (Å²) in [5.41, 5.74) is -0.0782. The van der Waals surface area contributed by atoms with Gasteiger partial charge in [0.15, 0.2) is 10.9 Å². The zero-order valence-electron chi connectivity index (χ0n) is 12.4. The van der Waals surface area contributed by atoms with E-state index >= 15 is 0 Å². The predicted octanol–water partition coefficient (Wildman–Crippen LogP) is 5.17. The highest BCUT2D eigenvalue weighted by molar-refractivity contribution is 9.10. The minimum absolute atomic E-state index is 0.0443. The van der Waals surface area contributed by atoms with E-state index in [2.05, 4.69) is 26.6 Å². The third-order valence-electron chi connectivity index (χ3n) is 2.93. The maximum atomic E-state index is 13.8. The molecule has 2 rings (SSSR count). The van der Waals surface area contributed by atoms with Crippen LogP contribution in [0.5, 0.6) is 5.75 Å². The molecule has 4 nitrogen and oxygen atoms in total. The molecule has 10 heteroatoms. The van der Waals surface area contributed by atoms with E-state index in [0.717, 1.165) is 6.07 Å². The van der Waals surface area contributed by atoms with Crippen molar-refractivity contribution in [2.24, 2.45) is 0 Å². The fraction of sp³-hybridized carbons (Fsp3) is 0.0667. The zero-order valence-corrected chi connectivity index (χ0v) is 16.3. The molecule has 0 spiro atoms. The lowest BCUT2D eigenvalue weighted by Gasteiger charge is -2.14. The Morgan fingerprint density at radius 3 is 2.52 bits per heavy atom. The number of amides is 1. The van der Waals surface area contributed by atoms with E-state index in [1.54, 1.807) is 0 Å². The Balaban J connectivity index is 2.21. The number of hydrogen-bond acceptors (Lipinski definition) is 3. The van der Waals surface area contributed by atoms with Crippen LogP contribution in [-0.2, 0) is 0 Å². The van der Waals surface area contributed by atoms with Crippen molar-refractivity contribution in [3.05, 3.63) is 56.0 Å². The van der Waals surface area contributed by atoms with Crippen molar-refractivity contribution >= 4 is 68.1 Å². The average molecular weight is 470 g/mol. The number of methoxy groups -OCH3 is 1. The summed E-state index contributed by atoms with van der Waals surface area (Å²) in [7, 11) is 1.34. The number of ether oxygens (including phenoxy) is 1. The Hall–Kier alpha value is -1.48. The highest BCUT2D eigenvalue weighted by atomic mass is 79.9. The Morgan fingerprint density at radius 2 is 1.92 bits per heavy atom. The minimum Gasteiger partial charge on any atom is -0.494 e. The molecule has 0 aliphatic rings. The van der Waals surface area contributed by atoms with Crippen LogP contribution in [0.1, 0.15) is 10.4 Å². The summed E-state index contributed by atoms with van der Waals surface area (Å²) in [6.07, 6.45) is 0. The summed E-state index contributed by atoms with van der Waals surface area (Å²) in [5, 5.41) is 4.98. The lowest BCUT2D eigenvalue weighted by Crippen LogP contribution is -2.34. The van der Waals surface area contributed by atoms with E-state index in [1.807, 2.05) is 0 Å². The van der Waals surface area contributed by atoms with E-state index in [0.29, 0.717) is 6.07 Å². The van der Waals surface area contributed by atoms with E-state index in [4.69, 9.17) is 40.2 Å². The number of nitrogens with one attached hydrogen (secondary N) is 2. The van der Waals surface area contributed by atoms with Gasteiger partial charge in [-0.3, -0.25) is 10.1 Å². The van der Waals surface area contributed by atoms with Crippen LogP contribution in [0.2, 0.25) is 10.0 Å². The molecule has 1 amide bonds. The van der Waals surface area contributed by atoms with E-state index < -0.39 is 17.5 Å². The van der Waals surface area contributed by atoms with Crippen molar-refractivity contribution in [2.75, 3.05) is 12.4 Å². The number of carbonyl (C=O) groups is 1. The molecule has 25 heavy (non-hydrogen) atoms. The van der Waals surface area contributed by atoms with Crippen molar-refractivity contribution < 1.29 is 18.3 Å². The van der Waals surface area contributed by atoms with Gasteiger partial charge >= 0.3 is 0 Å². The van der Waals surface area contributed by atoms with Crippen molar-refractivity contribution in [2.45, 2.75) is 0 Å². The lowest BCUT2D eigenvalue weighted by atomic mass is 10.2. The standard InChI is InChI=1S/C15H9BrCl2F2N2O2S/c1-24-13-8(2-6(17)3-10(13)18)14(23)22-15(25)21-12-9(16)4-7(19)5-11(12)20/h2-5H,1H3,(H2,21,22,23,25). The average Bonchev–Trinajstić information content (AvgIpc) is 2.50. The van der Waals surface area contributed by atoms with Gasteiger partial charge in [-0.15, -0.1) is 0 Å². The van der Waals surface area contributed by atoms with Crippen LogP contribution in [0.4, 0.5) is 14.5 Å². The molecular formula is C15H9BrCl2F2N2O2S. The van der Waals surface area contributed by atoms with Crippen molar-refractivity contribution in [3.63, 3.8) is 0 Å². The van der Waals surface area contributed by atoms with Crippen molar-refractivity contribution in [1.29, 1.82) is 0 Å². The first-order valence-electron chi connectivity index (χ1n) is 6.52. The maximum Gasteiger partial charge on any atom is 0.261 e. The second-order valence-corrected chi connectivity index (χ2v) is 6.73. The summed E-state index contributed by atoms with van der Waals surface area (Å²) >= 11 is 19.8. The number of carbonyl (C=O) groups excluding carboxylic acids is 1. The van der Waals surface area contributed by atoms with Crippen molar-refractivity contribution in [3.8, 4) is 5.75 Å². The van der Waals surface area contributed by atoms with Gasteiger partial charge in [0.25, 0.3) is 5.91 Å². The Morgan fingerprint density at radius 1 is 1.24 bits per heavy atom. The molecule has 2 aromatic rings. The second kappa shape index (κ2) is 8.27. The highest BCUT2D eigenvalue weighted by Crippen LogP contribution is 2.32. The van der Waals surface area contributed by atoms with Gasteiger partial charge in [-0.1, -0.05) is 23.2 Å². The van der Waals surface area contributed by atoms with Gasteiger partial charge in [-0.05, 0) is 46.3 Å². The van der Waals surface area contributed by atoms with Crippen LogP contribution in [0, 0.1) is 11.6 Å². The third-order valence-corrected chi connectivity index (χ3v) is 4.26. The predicted molar refractivity (Wildman–Crippen MR) is 101 cm³/mol. The largest absolute Gasteiger partial charge is 0.494 e. The number of hydrogen-bond donors (Lipinski definition) is 2. The van der Waals surface area contributed by atoms with Crippen LogP contribution in [0.25, 0.3) is 0 Å². The van der Waals surface area contributed by atoms with Gasteiger partial charge in [0.2, 0.25) is 0 Å². The van der Waals surface area contributed by atoms with Crippen molar-refractivity contribution in [1.82, 2.24) is 5.32 Å². The Labute approximate surface area is 165 Å². The molecule has 0 fully saturated rings. The lowest BCUT2D eigenvalue weighted by molar-refractivity contribution is 0.0974. The van der Waals surface area contributed by atoms with E-state index in [9.17, 15) is 13.6 Å². The summed E-state index contributed by atoms with van der Waals surface area (Å²) in [4.78, 5) is 12.4. The molecule has 2 aromatic carbocycles. The maximum absolute atomic E-state index is 13.8. The molecule has 0 saturated heterocycles. The summed E-state index contributed by atoms with van der Waals surface area (Å²) in [5.74, 6) is -2.20. The second-order valence-electron chi connectivity index (χ2n) is 4.62. The van der Waals surface area contributed by atoms with Gasteiger partial charge in [0.1, 0.15) is 11.6 Å². The van der Waals surface area contributed by atoms with Crippen LogP contribution in [0.3, 0.4) is 0 Å². The highest BCUT2D eigenvalue weighted by Gasteiger charge is 2.19. The van der Waals surface area contributed by atoms with E-state index in [-0.39, 0.29) is 36.6 Å². The number of thiocarbonyl (C=S) groups is 1. The fourth-order valence-electron chi connectivity index (χ4n) is 1.91. The SMILES string of the molecule is COc1c(Cl)cc(Cl)cc1C(=O)NC(=S)Nc1c(F)cc(F)cc1Br. The molecule has 0 heterocycles. The Bertz CT molecular complexity index is 845. The molecule has 0 aliphatic carbocycles. The zero-order chi connectivity index (χ0) is 18.7. The molecule has 0 aromatic heterocycles. The summed E-state index contributed by atoms with van der Waals surface area (Å²) < 4.78 is 32.1. The first-order chi connectivity index (χ1) is 11.7. The van der Waals surface area contributed by atoms with Crippen LogP contribution >= 0.6 is 51.3 Å². The molecule has 0 radical (unpaired) electrons. The molecule has 0 bridgehead atoms. The summed E-state index contributed by atoms with van der Waals surface area (Å²) in [6.45, 7) is 0. The molecule has 0 unspecified atom stereocenters. The molecule has 0 saturated carbocycles. The van der Waals surface area contributed by atoms with Gasteiger partial charge in [-0.2, -0.15) is 0 Å². The fourth-order valence-corrected chi connectivity index (χ4v) is 3.19. The number of anilines is 1. The number of halogens is 5. The first-order valence-corrected chi connectivity index (χ1v) is 8.48. The smallest absolute Gasteiger partial charge is 0.261 e.